The van der Waals surface area contributed by atoms with E-state index in [-0.39, 0.29) is 5.41 Å². The van der Waals surface area contributed by atoms with E-state index in [0.29, 0.717) is 12.0 Å². The summed E-state index contributed by atoms with van der Waals surface area (Å²) in [5.74, 6) is 0.379. The highest BCUT2D eigenvalue weighted by molar-refractivity contribution is 6.02. The Labute approximate surface area is 176 Å². The molecule has 144 valence electrons. The number of hydrogen-bond donors (Lipinski definition) is 1. The average Bonchev–Trinajstić information content (AvgIpc) is 3.25. The van der Waals surface area contributed by atoms with E-state index >= 15 is 0 Å². The van der Waals surface area contributed by atoms with Gasteiger partial charge in [-0.05, 0) is 55.4 Å². The Morgan fingerprint density at radius 2 is 1.43 bits per heavy atom. The molecule has 0 saturated carbocycles. The lowest BCUT2D eigenvalue weighted by atomic mass is 9.75. The number of fused-ring (bicyclic) bond motifs is 10. The predicted octanol–water partition coefficient (Wildman–Crippen LogP) is 7.19. The summed E-state index contributed by atoms with van der Waals surface area (Å²) in [7, 11) is 0. The Kier molecular flexibility index (Phi) is 2.98. The topological polar surface area (TPSA) is 12.0 Å². The second-order valence-electron chi connectivity index (χ2n) is 9.44. The molecule has 1 nitrogen and oxygen atoms in total. The van der Waals surface area contributed by atoms with Gasteiger partial charge in [-0.1, -0.05) is 92.7 Å². The number of benzene rings is 4. The maximum atomic E-state index is 3.82. The van der Waals surface area contributed by atoms with Crippen LogP contribution in [0.3, 0.4) is 0 Å². The van der Waals surface area contributed by atoms with Gasteiger partial charge in [0.25, 0.3) is 0 Å². The fourth-order valence-corrected chi connectivity index (χ4v) is 6.18. The van der Waals surface area contributed by atoms with Crippen molar-refractivity contribution in [1.82, 2.24) is 0 Å². The van der Waals surface area contributed by atoms with Gasteiger partial charge in [0.1, 0.15) is 0 Å². The van der Waals surface area contributed by atoms with E-state index < -0.39 is 0 Å². The van der Waals surface area contributed by atoms with Crippen molar-refractivity contribution in [1.29, 1.82) is 0 Å². The van der Waals surface area contributed by atoms with Crippen LogP contribution in [-0.2, 0) is 5.41 Å². The molecule has 1 heteroatoms. The van der Waals surface area contributed by atoms with Gasteiger partial charge in [-0.3, -0.25) is 0 Å². The van der Waals surface area contributed by atoms with Gasteiger partial charge >= 0.3 is 0 Å². The Balaban J connectivity index is 1.48. The molecule has 1 aliphatic heterocycles. The first-order valence-corrected chi connectivity index (χ1v) is 10.9. The lowest BCUT2D eigenvalue weighted by Crippen LogP contribution is -2.24. The molecule has 1 N–H and O–H groups in total. The summed E-state index contributed by atoms with van der Waals surface area (Å²) in [6.07, 6.45) is 5.07. The molecule has 2 unspecified atom stereocenters. The molecule has 7 rings (SSSR count). The Morgan fingerprint density at radius 1 is 0.733 bits per heavy atom. The van der Waals surface area contributed by atoms with Crippen molar-refractivity contribution in [2.24, 2.45) is 0 Å². The molecule has 0 aromatic heterocycles. The second-order valence-corrected chi connectivity index (χ2v) is 9.44. The number of hydrogen-bond acceptors (Lipinski definition) is 1. The third-order valence-electron chi connectivity index (χ3n) is 7.51. The fraction of sp³-hybridized carbons (Fsp3) is 0.172. The molecule has 0 saturated heterocycles. The average molecular weight is 386 g/mol. The van der Waals surface area contributed by atoms with Gasteiger partial charge in [0.15, 0.2) is 0 Å². The number of rotatable bonds is 0. The smallest absolute Gasteiger partial charge is 0.0558 e. The highest BCUT2D eigenvalue weighted by atomic mass is 15.0. The first-order valence-electron chi connectivity index (χ1n) is 10.9. The minimum absolute atomic E-state index is 0.000335. The summed E-state index contributed by atoms with van der Waals surface area (Å²) in [6, 6.07) is 27.1. The van der Waals surface area contributed by atoms with Gasteiger partial charge in [0, 0.05) is 17.0 Å². The molecule has 3 aliphatic rings. The Hall–Kier alpha value is -3.32. The zero-order valence-electron chi connectivity index (χ0n) is 17.2. The number of allylic oxidation sites excluding steroid dienone is 2. The molecule has 0 radical (unpaired) electrons. The quantitative estimate of drug-likeness (QED) is 0.338. The lowest BCUT2D eigenvalue weighted by molar-refractivity contribution is 0.651. The molecular weight excluding hydrogens is 362 g/mol. The van der Waals surface area contributed by atoms with Crippen molar-refractivity contribution in [2.75, 3.05) is 5.32 Å². The normalized spacial score (nSPS) is 22.6. The van der Waals surface area contributed by atoms with E-state index in [2.05, 4.69) is 104 Å². The first kappa shape index (κ1) is 16.5. The molecule has 4 aromatic rings. The zero-order chi connectivity index (χ0) is 20.0. The molecular formula is C29H23N. The summed E-state index contributed by atoms with van der Waals surface area (Å²) in [5, 5.41) is 9.24. The lowest BCUT2D eigenvalue weighted by Gasteiger charge is -2.28. The zero-order valence-corrected chi connectivity index (χ0v) is 17.2. The van der Waals surface area contributed by atoms with E-state index in [1.165, 1.54) is 55.1 Å². The first-order chi connectivity index (χ1) is 14.6. The van der Waals surface area contributed by atoms with E-state index in [1.54, 1.807) is 0 Å². The summed E-state index contributed by atoms with van der Waals surface area (Å²) in [6.45, 7) is 4.80. The SMILES string of the molecule is CC1(C)C2=CC3c4c(ccc5ccccc45)NC3C=C2c2ccc3ccccc3c21. The highest BCUT2D eigenvalue weighted by Gasteiger charge is 2.44. The van der Waals surface area contributed by atoms with Gasteiger partial charge in [-0.15, -0.1) is 0 Å². The molecule has 2 atom stereocenters. The van der Waals surface area contributed by atoms with Crippen LogP contribution in [0.1, 0.15) is 36.5 Å². The second kappa shape index (κ2) is 5.43. The minimum atomic E-state index is 0.000335. The van der Waals surface area contributed by atoms with Crippen LogP contribution in [0.15, 0.2) is 90.5 Å². The van der Waals surface area contributed by atoms with Crippen molar-refractivity contribution in [3.63, 3.8) is 0 Å². The van der Waals surface area contributed by atoms with Crippen LogP contribution in [-0.4, -0.2) is 6.04 Å². The maximum absolute atomic E-state index is 3.82. The van der Waals surface area contributed by atoms with Crippen LogP contribution in [0.25, 0.3) is 27.1 Å². The molecule has 0 amide bonds. The Bertz CT molecular complexity index is 1450. The van der Waals surface area contributed by atoms with E-state index in [0.717, 1.165) is 0 Å². The van der Waals surface area contributed by atoms with Crippen LogP contribution in [0, 0.1) is 0 Å². The monoisotopic (exact) mass is 385 g/mol. The maximum Gasteiger partial charge on any atom is 0.0558 e. The standard InChI is InChI=1S/C29H23N/c1-29(2)24-15-23-26(30-25-14-12-17-7-3-5-9-19(17)27(23)25)16-22(24)21-13-11-18-8-4-6-10-20(18)28(21)29/h3-16,23,26,30H,1-2H3. The van der Waals surface area contributed by atoms with Crippen LogP contribution in [0.2, 0.25) is 0 Å². The van der Waals surface area contributed by atoms with Crippen LogP contribution in [0.4, 0.5) is 5.69 Å². The molecule has 30 heavy (non-hydrogen) atoms. The minimum Gasteiger partial charge on any atom is -0.378 e. The van der Waals surface area contributed by atoms with Gasteiger partial charge < -0.3 is 5.32 Å². The van der Waals surface area contributed by atoms with E-state index in [4.69, 9.17) is 0 Å². The predicted molar refractivity (Wildman–Crippen MR) is 127 cm³/mol. The van der Waals surface area contributed by atoms with Crippen molar-refractivity contribution in [2.45, 2.75) is 31.2 Å². The van der Waals surface area contributed by atoms with Gasteiger partial charge in [0.05, 0.1) is 6.04 Å². The molecule has 0 fully saturated rings. The Morgan fingerprint density at radius 3 is 2.27 bits per heavy atom. The number of nitrogens with one attached hydrogen (secondary N) is 1. The van der Waals surface area contributed by atoms with Crippen molar-refractivity contribution in [3.8, 4) is 0 Å². The summed E-state index contributed by atoms with van der Waals surface area (Å²) >= 11 is 0. The summed E-state index contributed by atoms with van der Waals surface area (Å²) < 4.78 is 0. The largest absolute Gasteiger partial charge is 0.378 e. The van der Waals surface area contributed by atoms with Gasteiger partial charge in [-0.25, -0.2) is 0 Å². The van der Waals surface area contributed by atoms with E-state index in [9.17, 15) is 0 Å². The van der Waals surface area contributed by atoms with Crippen molar-refractivity contribution < 1.29 is 0 Å². The van der Waals surface area contributed by atoms with Crippen LogP contribution < -0.4 is 5.32 Å². The van der Waals surface area contributed by atoms with Gasteiger partial charge in [-0.2, -0.15) is 0 Å². The van der Waals surface area contributed by atoms with Crippen molar-refractivity contribution >= 4 is 32.8 Å². The van der Waals surface area contributed by atoms with Crippen LogP contribution >= 0.6 is 0 Å². The molecule has 2 aliphatic carbocycles. The van der Waals surface area contributed by atoms with Gasteiger partial charge in [0.2, 0.25) is 0 Å². The summed E-state index contributed by atoms with van der Waals surface area (Å²) in [5.41, 5.74) is 8.54. The van der Waals surface area contributed by atoms with Crippen LogP contribution in [0.5, 0.6) is 0 Å². The molecule has 0 bridgehead atoms. The van der Waals surface area contributed by atoms with E-state index in [1.807, 2.05) is 0 Å². The van der Waals surface area contributed by atoms with Crippen molar-refractivity contribution in [3.05, 3.63) is 107 Å². The number of anilines is 1. The fourth-order valence-electron chi connectivity index (χ4n) is 6.18. The molecule has 0 spiro atoms. The molecule has 1 heterocycles. The molecule has 4 aromatic carbocycles. The third-order valence-corrected chi connectivity index (χ3v) is 7.51. The highest BCUT2D eigenvalue weighted by Crippen LogP contribution is 2.57. The summed E-state index contributed by atoms with van der Waals surface area (Å²) in [4.78, 5) is 0. The third kappa shape index (κ3) is 1.93.